The van der Waals surface area contributed by atoms with Crippen LogP contribution in [0.15, 0.2) is 28.7 Å². The molecule has 1 aromatic rings. The summed E-state index contributed by atoms with van der Waals surface area (Å²) < 4.78 is 12.1. The van der Waals surface area contributed by atoms with Crippen LogP contribution in [-0.2, 0) is 4.74 Å². The van der Waals surface area contributed by atoms with E-state index in [1.165, 1.54) is 0 Å². The van der Waals surface area contributed by atoms with Gasteiger partial charge >= 0.3 is 0 Å². The number of nitrogens with zero attached hydrogens (tertiary/aromatic N) is 1. The predicted octanol–water partition coefficient (Wildman–Crippen LogP) is 3.19. The standard InChI is InChI=1S/C14H22BrNO2/c1-3-16(9-11-17-4-2)10-12-18-14-7-5-13(15)6-8-14/h5-8H,3-4,9-12H2,1-2H3. The maximum atomic E-state index is 5.70. The summed E-state index contributed by atoms with van der Waals surface area (Å²) in [6.45, 7) is 9.39. The molecular formula is C14H22BrNO2. The lowest BCUT2D eigenvalue weighted by Gasteiger charge is -2.20. The maximum absolute atomic E-state index is 5.70. The van der Waals surface area contributed by atoms with E-state index in [1.54, 1.807) is 0 Å². The first-order valence-corrected chi connectivity index (χ1v) is 7.24. The third-order valence-corrected chi connectivity index (χ3v) is 3.22. The molecule has 0 atom stereocenters. The molecule has 0 amide bonds. The second-order valence-corrected chi connectivity index (χ2v) is 4.85. The van der Waals surface area contributed by atoms with Gasteiger partial charge in [-0.25, -0.2) is 0 Å². The lowest BCUT2D eigenvalue weighted by molar-refractivity contribution is 0.108. The van der Waals surface area contributed by atoms with Crippen LogP contribution in [0.1, 0.15) is 13.8 Å². The van der Waals surface area contributed by atoms with Crippen LogP contribution in [0.5, 0.6) is 5.75 Å². The highest BCUT2D eigenvalue weighted by molar-refractivity contribution is 9.10. The lowest BCUT2D eigenvalue weighted by Crippen LogP contribution is -2.31. The molecule has 0 saturated heterocycles. The number of likely N-dealkylation sites (N-methyl/N-ethyl adjacent to an activating group) is 1. The Labute approximate surface area is 118 Å². The van der Waals surface area contributed by atoms with E-state index < -0.39 is 0 Å². The number of benzene rings is 1. The molecule has 18 heavy (non-hydrogen) atoms. The molecule has 0 aromatic heterocycles. The Hall–Kier alpha value is -0.580. The van der Waals surface area contributed by atoms with E-state index in [4.69, 9.17) is 9.47 Å². The first kappa shape index (κ1) is 15.5. The van der Waals surface area contributed by atoms with Gasteiger partial charge in [-0.05, 0) is 37.7 Å². The summed E-state index contributed by atoms with van der Waals surface area (Å²) in [4.78, 5) is 2.33. The fourth-order valence-corrected chi connectivity index (χ4v) is 1.85. The Morgan fingerprint density at radius 1 is 1.06 bits per heavy atom. The zero-order chi connectivity index (χ0) is 13.2. The van der Waals surface area contributed by atoms with E-state index >= 15 is 0 Å². The van der Waals surface area contributed by atoms with E-state index in [9.17, 15) is 0 Å². The number of hydrogen-bond acceptors (Lipinski definition) is 3. The lowest BCUT2D eigenvalue weighted by atomic mass is 10.3. The summed E-state index contributed by atoms with van der Waals surface area (Å²) >= 11 is 3.41. The monoisotopic (exact) mass is 315 g/mol. The van der Waals surface area contributed by atoms with Crippen LogP contribution in [-0.4, -0.2) is 44.4 Å². The molecular weight excluding hydrogens is 294 g/mol. The average molecular weight is 316 g/mol. The minimum absolute atomic E-state index is 0.710. The van der Waals surface area contributed by atoms with Gasteiger partial charge < -0.3 is 9.47 Å². The third kappa shape index (κ3) is 6.38. The van der Waals surface area contributed by atoms with Crippen LogP contribution < -0.4 is 4.74 Å². The summed E-state index contributed by atoms with van der Waals surface area (Å²) in [6.07, 6.45) is 0. The molecule has 0 spiro atoms. The smallest absolute Gasteiger partial charge is 0.119 e. The minimum Gasteiger partial charge on any atom is -0.492 e. The van der Waals surface area contributed by atoms with Gasteiger partial charge in [0.15, 0.2) is 0 Å². The van der Waals surface area contributed by atoms with Crippen molar-refractivity contribution in [2.24, 2.45) is 0 Å². The minimum atomic E-state index is 0.710. The van der Waals surface area contributed by atoms with Crippen LogP contribution >= 0.6 is 15.9 Å². The van der Waals surface area contributed by atoms with Crippen LogP contribution in [0, 0.1) is 0 Å². The van der Waals surface area contributed by atoms with Gasteiger partial charge in [-0.15, -0.1) is 0 Å². The van der Waals surface area contributed by atoms with Gasteiger partial charge in [0.1, 0.15) is 12.4 Å². The highest BCUT2D eigenvalue weighted by atomic mass is 79.9. The number of halogens is 1. The molecule has 0 N–H and O–H groups in total. The van der Waals surface area contributed by atoms with Crippen molar-refractivity contribution in [3.05, 3.63) is 28.7 Å². The molecule has 0 saturated carbocycles. The van der Waals surface area contributed by atoms with Crippen molar-refractivity contribution >= 4 is 15.9 Å². The zero-order valence-corrected chi connectivity index (χ0v) is 12.8. The van der Waals surface area contributed by atoms with Crippen LogP contribution in [0.3, 0.4) is 0 Å². The van der Waals surface area contributed by atoms with E-state index in [-0.39, 0.29) is 0 Å². The molecule has 0 radical (unpaired) electrons. The number of rotatable bonds is 9. The van der Waals surface area contributed by atoms with Crippen molar-refractivity contribution in [2.75, 3.05) is 39.5 Å². The fourth-order valence-electron chi connectivity index (χ4n) is 1.59. The predicted molar refractivity (Wildman–Crippen MR) is 78.2 cm³/mol. The largest absolute Gasteiger partial charge is 0.492 e. The SMILES string of the molecule is CCOCCN(CC)CCOc1ccc(Br)cc1. The van der Waals surface area contributed by atoms with E-state index in [0.29, 0.717) is 6.61 Å². The second-order valence-electron chi connectivity index (χ2n) is 3.93. The van der Waals surface area contributed by atoms with Crippen molar-refractivity contribution in [3.8, 4) is 5.75 Å². The molecule has 0 aliphatic rings. The van der Waals surface area contributed by atoms with Crippen molar-refractivity contribution in [2.45, 2.75) is 13.8 Å². The van der Waals surface area contributed by atoms with Crippen LogP contribution in [0.2, 0.25) is 0 Å². The first-order valence-electron chi connectivity index (χ1n) is 6.44. The quantitative estimate of drug-likeness (QED) is 0.653. The summed E-state index contributed by atoms with van der Waals surface area (Å²) in [6, 6.07) is 7.92. The van der Waals surface area contributed by atoms with Gasteiger partial charge in [0.2, 0.25) is 0 Å². The molecule has 1 rings (SSSR count). The van der Waals surface area contributed by atoms with Gasteiger partial charge in [0.25, 0.3) is 0 Å². The summed E-state index contributed by atoms with van der Waals surface area (Å²) in [5.41, 5.74) is 0. The molecule has 3 nitrogen and oxygen atoms in total. The Morgan fingerprint density at radius 2 is 1.72 bits per heavy atom. The maximum Gasteiger partial charge on any atom is 0.119 e. The highest BCUT2D eigenvalue weighted by Crippen LogP contribution is 2.15. The topological polar surface area (TPSA) is 21.7 Å². The van der Waals surface area contributed by atoms with Crippen LogP contribution in [0.4, 0.5) is 0 Å². The van der Waals surface area contributed by atoms with Crippen molar-refractivity contribution in [1.82, 2.24) is 4.90 Å². The van der Waals surface area contributed by atoms with Crippen molar-refractivity contribution < 1.29 is 9.47 Å². The van der Waals surface area contributed by atoms with Crippen molar-refractivity contribution in [3.63, 3.8) is 0 Å². The Bertz CT molecular complexity index is 316. The van der Waals surface area contributed by atoms with Gasteiger partial charge in [-0.1, -0.05) is 22.9 Å². The molecule has 4 heteroatoms. The second kappa shape index (κ2) is 9.36. The molecule has 0 heterocycles. The summed E-state index contributed by atoms with van der Waals surface area (Å²) in [7, 11) is 0. The molecule has 0 aliphatic carbocycles. The Balaban J connectivity index is 2.20. The normalized spacial score (nSPS) is 10.9. The zero-order valence-electron chi connectivity index (χ0n) is 11.2. The van der Waals surface area contributed by atoms with Gasteiger partial charge in [-0.3, -0.25) is 4.90 Å². The molecule has 0 aliphatic heterocycles. The Kier molecular flexibility index (Phi) is 8.05. The number of hydrogen-bond donors (Lipinski definition) is 0. The molecule has 1 aromatic carbocycles. The molecule has 0 unspecified atom stereocenters. The molecule has 0 fully saturated rings. The van der Waals surface area contributed by atoms with E-state index in [2.05, 4.69) is 27.8 Å². The van der Waals surface area contributed by atoms with Gasteiger partial charge in [0, 0.05) is 24.2 Å². The van der Waals surface area contributed by atoms with E-state index in [0.717, 1.165) is 43.1 Å². The van der Waals surface area contributed by atoms with Crippen molar-refractivity contribution in [1.29, 1.82) is 0 Å². The molecule has 102 valence electrons. The third-order valence-electron chi connectivity index (χ3n) is 2.69. The van der Waals surface area contributed by atoms with Gasteiger partial charge in [-0.2, -0.15) is 0 Å². The highest BCUT2D eigenvalue weighted by Gasteiger charge is 2.02. The Morgan fingerprint density at radius 3 is 2.33 bits per heavy atom. The van der Waals surface area contributed by atoms with Gasteiger partial charge in [0.05, 0.1) is 6.61 Å². The first-order chi connectivity index (χ1) is 8.76. The summed E-state index contributed by atoms with van der Waals surface area (Å²) in [5, 5.41) is 0. The molecule has 0 bridgehead atoms. The van der Waals surface area contributed by atoms with E-state index in [1.807, 2.05) is 31.2 Å². The number of ether oxygens (including phenoxy) is 2. The summed E-state index contributed by atoms with van der Waals surface area (Å²) in [5.74, 6) is 0.916. The van der Waals surface area contributed by atoms with Crippen LogP contribution in [0.25, 0.3) is 0 Å². The fraction of sp³-hybridized carbons (Fsp3) is 0.571. The average Bonchev–Trinajstić information content (AvgIpc) is 2.39.